The first-order valence-electron chi connectivity index (χ1n) is 30.3. The minimum atomic E-state index is -0.864. The van der Waals surface area contributed by atoms with E-state index in [1.807, 2.05) is 6.08 Å². The maximum absolute atomic E-state index is 12.5. The zero-order valence-corrected chi connectivity index (χ0v) is 45.6. The van der Waals surface area contributed by atoms with Crippen molar-refractivity contribution in [2.75, 3.05) is 13.2 Å². The molecular formula is C62H117NO5. The van der Waals surface area contributed by atoms with Gasteiger partial charge in [0.15, 0.2) is 0 Å². The van der Waals surface area contributed by atoms with E-state index in [-0.39, 0.29) is 18.5 Å². The molecule has 0 aliphatic carbocycles. The Morgan fingerprint density at radius 3 is 1.04 bits per heavy atom. The number of amides is 1. The standard InChI is InChI=1S/C62H117NO5/c1-3-5-7-9-11-13-15-17-19-21-22-23-24-25-26-28-29-31-34-38-42-46-50-54-60(65)59(58-64)63-61(66)55-51-47-43-39-35-33-37-41-45-49-53-57-68-62(67)56-52-48-44-40-36-32-30-27-20-18-16-14-12-10-8-6-4-2/h18,20,37,41,50,54,59-60,64-65H,3-17,19,21-36,38-40,42-49,51-53,55-58H2,1-2H3,(H,63,66)/b20-18-,41-37-,54-50+. The van der Waals surface area contributed by atoms with Crippen LogP contribution in [0.1, 0.15) is 322 Å². The van der Waals surface area contributed by atoms with Crippen LogP contribution in [0.15, 0.2) is 36.5 Å². The molecule has 0 aliphatic rings. The van der Waals surface area contributed by atoms with E-state index in [2.05, 4.69) is 43.5 Å². The SMILES string of the molecule is CCCCCCCC/C=C\CCCCCCCCCC(=O)OCCCC/C=C\CCCCCCCC(=O)NC(CO)C(O)/C=C/CCCCCCCCCCCCCCCCCCCCCCC. The van der Waals surface area contributed by atoms with Crippen molar-refractivity contribution in [3.63, 3.8) is 0 Å². The van der Waals surface area contributed by atoms with E-state index in [0.717, 1.165) is 83.5 Å². The van der Waals surface area contributed by atoms with E-state index < -0.39 is 12.1 Å². The largest absolute Gasteiger partial charge is 0.466 e. The summed E-state index contributed by atoms with van der Waals surface area (Å²) in [5.41, 5.74) is 0. The summed E-state index contributed by atoms with van der Waals surface area (Å²) in [6.07, 6.45) is 71.8. The van der Waals surface area contributed by atoms with Gasteiger partial charge in [0.1, 0.15) is 0 Å². The molecule has 0 bridgehead atoms. The fourth-order valence-electron chi connectivity index (χ4n) is 9.21. The Bertz CT molecular complexity index is 1100. The molecule has 6 nitrogen and oxygen atoms in total. The second-order valence-electron chi connectivity index (χ2n) is 20.7. The molecular weight excluding hydrogens is 839 g/mol. The second-order valence-corrected chi connectivity index (χ2v) is 20.7. The number of unbranched alkanes of at least 4 members (excludes halogenated alkanes) is 41. The van der Waals surface area contributed by atoms with Gasteiger partial charge in [-0.15, -0.1) is 0 Å². The van der Waals surface area contributed by atoms with Crippen molar-refractivity contribution < 1.29 is 24.5 Å². The summed E-state index contributed by atoms with van der Waals surface area (Å²) >= 11 is 0. The number of ether oxygens (including phenoxy) is 1. The molecule has 2 atom stereocenters. The molecule has 3 N–H and O–H groups in total. The molecule has 0 saturated carbocycles. The first kappa shape index (κ1) is 66.1. The molecule has 0 heterocycles. The van der Waals surface area contributed by atoms with Gasteiger partial charge in [-0.1, -0.05) is 262 Å². The molecule has 0 rings (SSSR count). The second kappa shape index (κ2) is 57.7. The van der Waals surface area contributed by atoms with Crippen molar-refractivity contribution in [2.24, 2.45) is 0 Å². The molecule has 0 aliphatic heterocycles. The molecule has 6 heteroatoms. The average molecular weight is 957 g/mol. The minimum Gasteiger partial charge on any atom is -0.466 e. The van der Waals surface area contributed by atoms with E-state index >= 15 is 0 Å². The Balaban J connectivity index is 3.53. The van der Waals surface area contributed by atoms with Crippen LogP contribution in [0.3, 0.4) is 0 Å². The lowest BCUT2D eigenvalue weighted by Gasteiger charge is -2.20. The van der Waals surface area contributed by atoms with Crippen LogP contribution < -0.4 is 5.32 Å². The third kappa shape index (κ3) is 53.4. The fraction of sp³-hybridized carbons (Fsp3) is 0.871. The summed E-state index contributed by atoms with van der Waals surface area (Å²) < 4.78 is 5.45. The number of carbonyl (C=O) groups is 2. The molecule has 0 radical (unpaired) electrons. The summed E-state index contributed by atoms with van der Waals surface area (Å²) in [5, 5.41) is 23.2. The summed E-state index contributed by atoms with van der Waals surface area (Å²) in [6.45, 7) is 4.84. The first-order chi connectivity index (χ1) is 33.5. The Hall–Kier alpha value is -1.92. The number of nitrogens with one attached hydrogen (secondary N) is 1. The molecule has 68 heavy (non-hydrogen) atoms. The fourth-order valence-corrected chi connectivity index (χ4v) is 9.21. The third-order valence-electron chi connectivity index (χ3n) is 13.9. The van der Waals surface area contributed by atoms with Crippen molar-refractivity contribution in [2.45, 2.75) is 334 Å². The van der Waals surface area contributed by atoms with Crippen LogP contribution in [0.4, 0.5) is 0 Å². The van der Waals surface area contributed by atoms with Crippen molar-refractivity contribution in [3.8, 4) is 0 Å². The predicted molar refractivity (Wildman–Crippen MR) is 296 cm³/mol. The minimum absolute atomic E-state index is 0.0359. The topological polar surface area (TPSA) is 95.9 Å². The van der Waals surface area contributed by atoms with Gasteiger partial charge < -0.3 is 20.3 Å². The molecule has 0 aromatic carbocycles. The highest BCUT2D eigenvalue weighted by atomic mass is 16.5. The lowest BCUT2D eigenvalue weighted by molar-refractivity contribution is -0.143. The zero-order valence-electron chi connectivity index (χ0n) is 45.6. The zero-order chi connectivity index (χ0) is 49.3. The molecule has 1 amide bonds. The number of rotatable bonds is 56. The number of carbonyl (C=O) groups excluding carboxylic acids is 2. The van der Waals surface area contributed by atoms with Crippen molar-refractivity contribution >= 4 is 11.9 Å². The monoisotopic (exact) mass is 956 g/mol. The van der Waals surface area contributed by atoms with Gasteiger partial charge in [0.2, 0.25) is 5.91 Å². The van der Waals surface area contributed by atoms with E-state index in [0.29, 0.717) is 19.4 Å². The summed E-state index contributed by atoms with van der Waals surface area (Å²) in [5.74, 6) is -0.131. The van der Waals surface area contributed by atoms with Gasteiger partial charge in [-0.05, 0) is 83.5 Å². The maximum Gasteiger partial charge on any atom is 0.305 e. The van der Waals surface area contributed by atoms with Crippen LogP contribution >= 0.6 is 0 Å². The smallest absolute Gasteiger partial charge is 0.305 e. The summed E-state index contributed by atoms with van der Waals surface area (Å²) in [4.78, 5) is 24.6. The Kier molecular flexibility index (Phi) is 56.0. The Morgan fingerprint density at radius 2 is 0.691 bits per heavy atom. The third-order valence-corrected chi connectivity index (χ3v) is 13.9. The number of allylic oxidation sites excluding steroid dienone is 5. The van der Waals surface area contributed by atoms with E-state index in [9.17, 15) is 19.8 Å². The van der Waals surface area contributed by atoms with Crippen LogP contribution in [0, 0.1) is 0 Å². The highest BCUT2D eigenvalue weighted by Gasteiger charge is 2.18. The Morgan fingerprint density at radius 1 is 0.397 bits per heavy atom. The van der Waals surface area contributed by atoms with Gasteiger partial charge >= 0.3 is 5.97 Å². The van der Waals surface area contributed by atoms with Crippen molar-refractivity contribution in [1.82, 2.24) is 5.32 Å². The maximum atomic E-state index is 12.5. The number of esters is 1. The normalized spacial score (nSPS) is 12.8. The van der Waals surface area contributed by atoms with Gasteiger partial charge in [0.05, 0.1) is 25.4 Å². The quantitative estimate of drug-likeness (QED) is 0.0321. The van der Waals surface area contributed by atoms with Gasteiger partial charge in [-0.3, -0.25) is 9.59 Å². The summed E-state index contributed by atoms with van der Waals surface area (Å²) in [6, 6.07) is -0.651. The lowest BCUT2D eigenvalue weighted by Crippen LogP contribution is -2.45. The number of aliphatic hydroxyl groups excluding tert-OH is 2. The first-order valence-corrected chi connectivity index (χ1v) is 30.3. The number of aliphatic hydroxyl groups is 2. The summed E-state index contributed by atoms with van der Waals surface area (Å²) in [7, 11) is 0. The molecule has 0 saturated heterocycles. The predicted octanol–water partition coefficient (Wildman–Crippen LogP) is 18.8. The van der Waals surface area contributed by atoms with Crippen LogP contribution in [0.25, 0.3) is 0 Å². The van der Waals surface area contributed by atoms with Gasteiger partial charge in [0.25, 0.3) is 0 Å². The van der Waals surface area contributed by atoms with Crippen LogP contribution in [0.5, 0.6) is 0 Å². The number of hydrogen-bond donors (Lipinski definition) is 3. The molecule has 0 aromatic rings. The Labute approximate surface area is 424 Å². The van der Waals surface area contributed by atoms with Crippen LogP contribution in [-0.4, -0.2) is 47.4 Å². The molecule has 0 spiro atoms. The van der Waals surface area contributed by atoms with Crippen LogP contribution in [-0.2, 0) is 14.3 Å². The number of hydrogen-bond acceptors (Lipinski definition) is 5. The highest BCUT2D eigenvalue weighted by Crippen LogP contribution is 2.17. The molecule has 400 valence electrons. The highest BCUT2D eigenvalue weighted by molar-refractivity contribution is 5.76. The van der Waals surface area contributed by atoms with E-state index in [4.69, 9.17) is 4.74 Å². The van der Waals surface area contributed by atoms with Gasteiger partial charge in [0, 0.05) is 12.8 Å². The lowest BCUT2D eigenvalue weighted by atomic mass is 10.0. The molecule has 0 fully saturated rings. The molecule has 2 unspecified atom stereocenters. The van der Waals surface area contributed by atoms with E-state index in [1.165, 1.54) is 212 Å². The van der Waals surface area contributed by atoms with Gasteiger partial charge in [-0.2, -0.15) is 0 Å². The van der Waals surface area contributed by atoms with Crippen molar-refractivity contribution in [1.29, 1.82) is 0 Å². The van der Waals surface area contributed by atoms with Crippen LogP contribution in [0.2, 0.25) is 0 Å². The van der Waals surface area contributed by atoms with Gasteiger partial charge in [-0.25, -0.2) is 0 Å². The average Bonchev–Trinajstić information content (AvgIpc) is 3.34. The van der Waals surface area contributed by atoms with E-state index in [1.54, 1.807) is 6.08 Å². The molecule has 0 aromatic heterocycles. The van der Waals surface area contributed by atoms with Crippen molar-refractivity contribution in [3.05, 3.63) is 36.5 Å².